The zero-order valence-electron chi connectivity index (χ0n) is 11.1. The van der Waals surface area contributed by atoms with Gasteiger partial charge in [0.2, 0.25) is 0 Å². The lowest BCUT2D eigenvalue weighted by molar-refractivity contribution is 0.416. The van der Waals surface area contributed by atoms with Crippen molar-refractivity contribution in [2.45, 2.75) is 26.3 Å². The van der Waals surface area contributed by atoms with Crippen LogP contribution in [0.5, 0.6) is 0 Å². The number of nitrogens with zero attached hydrogens (tertiary/aromatic N) is 2. The van der Waals surface area contributed by atoms with Crippen molar-refractivity contribution in [2.24, 2.45) is 0 Å². The number of aromatic nitrogens is 2. The van der Waals surface area contributed by atoms with Crippen LogP contribution in [0.15, 0.2) is 42.7 Å². The summed E-state index contributed by atoms with van der Waals surface area (Å²) in [6, 6.07) is 10.8. The van der Waals surface area contributed by atoms with E-state index >= 15 is 0 Å². The van der Waals surface area contributed by atoms with Crippen molar-refractivity contribution < 1.29 is 0 Å². The summed E-state index contributed by atoms with van der Waals surface area (Å²) < 4.78 is 2.07. The number of likely N-dealkylation sites (N-methyl/N-ethyl adjacent to an activating group) is 1. The summed E-state index contributed by atoms with van der Waals surface area (Å²) in [6.45, 7) is 6.31. The van der Waals surface area contributed by atoms with Gasteiger partial charge in [0.05, 0.1) is 12.2 Å². The first-order valence-corrected chi connectivity index (χ1v) is 6.65. The first-order valence-electron chi connectivity index (χ1n) is 6.65. The standard InChI is InChI=1S/C15H21N3/c1-3-15(11-16-4-2)18-12-14(10-17-18)13-8-6-5-7-9-13/h5-10,12,15-16H,3-4,11H2,1-2H3. The van der Waals surface area contributed by atoms with Crippen LogP contribution in [0.25, 0.3) is 11.1 Å². The quantitative estimate of drug-likeness (QED) is 0.845. The molecule has 3 heteroatoms. The molecule has 1 aromatic carbocycles. The third-order valence-corrected chi connectivity index (χ3v) is 3.18. The van der Waals surface area contributed by atoms with Gasteiger partial charge < -0.3 is 5.32 Å². The van der Waals surface area contributed by atoms with Crippen LogP contribution in [-0.4, -0.2) is 22.9 Å². The predicted octanol–water partition coefficient (Wildman–Crippen LogP) is 3.11. The van der Waals surface area contributed by atoms with Crippen molar-refractivity contribution in [3.05, 3.63) is 42.7 Å². The molecule has 0 fully saturated rings. The minimum Gasteiger partial charge on any atom is -0.315 e. The molecule has 0 aliphatic heterocycles. The first-order chi connectivity index (χ1) is 8.85. The maximum atomic E-state index is 4.49. The number of benzene rings is 1. The molecular weight excluding hydrogens is 222 g/mol. The Balaban J connectivity index is 2.14. The highest BCUT2D eigenvalue weighted by Gasteiger charge is 2.10. The maximum absolute atomic E-state index is 4.49. The van der Waals surface area contributed by atoms with Crippen molar-refractivity contribution in [3.8, 4) is 11.1 Å². The molecule has 0 radical (unpaired) electrons. The van der Waals surface area contributed by atoms with Gasteiger partial charge in [0.1, 0.15) is 0 Å². The molecule has 0 saturated carbocycles. The van der Waals surface area contributed by atoms with E-state index in [9.17, 15) is 0 Å². The van der Waals surface area contributed by atoms with Crippen LogP contribution in [0, 0.1) is 0 Å². The van der Waals surface area contributed by atoms with Gasteiger partial charge in [-0.2, -0.15) is 5.10 Å². The summed E-state index contributed by atoms with van der Waals surface area (Å²) in [5, 5.41) is 7.88. The lowest BCUT2D eigenvalue weighted by Crippen LogP contribution is -2.25. The van der Waals surface area contributed by atoms with Gasteiger partial charge in [0.15, 0.2) is 0 Å². The van der Waals surface area contributed by atoms with Crippen LogP contribution in [-0.2, 0) is 0 Å². The van der Waals surface area contributed by atoms with Gasteiger partial charge in [-0.15, -0.1) is 0 Å². The second kappa shape index (κ2) is 6.36. The van der Waals surface area contributed by atoms with Crippen LogP contribution in [0.1, 0.15) is 26.3 Å². The second-order valence-electron chi connectivity index (χ2n) is 4.44. The Kier molecular flexibility index (Phi) is 4.53. The van der Waals surface area contributed by atoms with Gasteiger partial charge in [0, 0.05) is 18.3 Å². The van der Waals surface area contributed by atoms with Gasteiger partial charge in [-0.3, -0.25) is 4.68 Å². The van der Waals surface area contributed by atoms with E-state index in [2.05, 4.69) is 59.4 Å². The van der Waals surface area contributed by atoms with E-state index in [1.807, 2.05) is 12.3 Å². The maximum Gasteiger partial charge on any atom is 0.0641 e. The van der Waals surface area contributed by atoms with Gasteiger partial charge in [-0.1, -0.05) is 44.2 Å². The SMILES string of the molecule is CCNCC(CC)n1cc(-c2ccccc2)cn1. The number of nitrogens with one attached hydrogen (secondary N) is 1. The van der Waals surface area contributed by atoms with E-state index in [-0.39, 0.29) is 0 Å². The van der Waals surface area contributed by atoms with E-state index in [1.165, 1.54) is 11.1 Å². The highest BCUT2D eigenvalue weighted by molar-refractivity contribution is 5.61. The molecule has 96 valence electrons. The van der Waals surface area contributed by atoms with E-state index < -0.39 is 0 Å². The van der Waals surface area contributed by atoms with Crippen LogP contribution >= 0.6 is 0 Å². The predicted molar refractivity (Wildman–Crippen MR) is 75.5 cm³/mol. The molecule has 1 heterocycles. The number of hydrogen-bond acceptors (Lipinski definition) is 2. The van der Waals surface area contributed by atoms with E-state index in [0.29, 0.717) is 6.04 Å². The Morgan fingerprint density at radius 2 is 1.94 bits per heavy atom. The van der Waals surface area contributed by atoms with Gasteiger partial charge >= 0.3 is 0 Å². The van der Waals surface area contributed by atoms with E-state index in [1.54, 1.807) is 0 Å². The molecule has 18 heavy (non-hydrogen) atoms. The zero-order valence-corrected chi connectivity index (χ0v) is 11.1. The van der Waals surface area contributed by atoms with Crippen molar-refractivity contribution in [1.82, 2.24) is 15.1 Å². The first kappa shape index (κ1) is 12.8. The number of rotatable bonds is 6. The van der Waals surface area contributed by atoms with Crippen LogP contribution < -0.4 is 5.32 Å². The molecule has 1 aromatic heterocycles. The molecule has 1 N–H and O–H groups in total. The normalized spacial score (nSPS) is 12.6. The lowest BCUT2D eigenvalue weighted by Gasteiger charge is -2.15. The van der Waals surface area contributed by atoms with E-state index in [4.69, 9.17) is 0 Å². The topological polar surface area (TPSA) is 29.9 Å². The zero-order chi connectivity index (χ0) is 12.8. The summed E-state index contributed by atoms with van der Waals surface area (Å²) in [5.74, 6) is 0. The van der Waals surface area contributed by atoms with Crippen molar-refractivity contribution in [2.75, 3.05) is 13.1 Å². The van der Waals surface area contributed by atoms with Gasteiger partial charge in [-0.25, -0.2) is 0 Å². The van der Waals surface area contributed by atoms with Gasteiger partial charge in [-0.05, 0) is 18.5 Å². The van der Waals surface area contributed by atoms with Crippen molar-refractivity contribution in [3.63, 3.8) is 0 Å². The summed E-state index contributed by atoms with van der Waals surface area (Å²) >= 11 is 0. The minimum absolute atomic E-state index is 0.433. The summed E-state index contributed by atoms with van der Waals surface area (Å²) in [4.78, 5) is 0. The molecule has 2 aromatic rings. The highest BCUT2D eigenvalue weighted by Crippen LogP contribution is 2.20. The smallest absolute Gasteiger partial charge is 0.0641 e. The van der Waals surface area contributed by atoms with Crippen molar-refractivity contribution in [1.29, 1.82) is 0 Å². The van der Waals surface area contributed by atoms with Crippen LogP contribution in [0.2, 0.25) is 0 Å². The summed E-state index contributed by atoms with van der Waals surface area (Å²) in [5.41, 5.74) is 2.41. The molecule has 0 amide bonds. The highest BCUT2D eigenvalue weighted by atomic mass is 15.3. The molecular formula is C15H21N3. The average molecular weight is 243 g/mol. The van der Waals surface area contributed by atoms with Crippen LogP contribution in [0.4, 0.5) is 0 Å². The van der Waals surface area contributed by atoms with Crippen LogP contribution in [0.3, 0.4) is 0 Å². The molecule has 0 spiro atoms. The Bertz CT molecular complexity index is 462. The van der Waals surface area contributed by atoms with Gasteiger partial charge in [0.25, 0.3) is 0 Å². The minimum atomic E-state index is 0.433. The fraction of sp³-hybridized carbons (Fsp3) is 0.400. The average Bonchev–Trinajstić information content (AvgIpc) is 2.90. The Morgan fingerprint density at radius 1 is 1.17 bits per heavy atom. The molecule has 3 nitrogen and oxygen atoms in total. The molecule has 0 aliphatic carbocycles. The fourth-order valence-corrected chi connectivity index (χ4v) is 2.05. The lowest BCUT2D eigenvalue weighted by atomic mass is 10.1. The largest absolute Gasteiger partial charge is 0.315 e. The Hall–Kier alpha value is -1.61. The third-order valence-electron chi connectivity index (χ3n) is 3.18. The summed E-state index contributed by atoms with van der Waals surface area (Å²) in [7, 11) is 0. The second-order valence-corrected chi connectivity index (χ2v) is 4.44. The third kappa shape index (κ3) is 2.99. The molecule has 0 bridgehead atoms. The fourth-order valence-electron chi connectivity index (χ4n) is 2.05. The molecule has 0 aliphatic rings. The summed E-state index contributed by atoms with van der Waals surface area (Å²) in [6.07, 6.45) is 5.17. The molecule has 1 atom stereocenters. The Morgan fingerprint density at radius 3 is 2.61 bits per heavy atom. The monoisotopic (exact) mass is 243 g/mol. The molecule has 0 saturated heterocycles. The number of hydrogen-bond donors (Lipinski definition) is 1. The molecule has 2 rings (SSSR count). The van der Waals surface area contributed by atoms with Crippen molar-refractivity contribution >= 4 is 0 Å². The van der Waals surface area contributed by atoms with E-state index in [0.717, 1.165) is 19.5 Å². The molecule has 1 unspecified atom stereocenters. The Labute approximate surface area is 109 Å².